The maximum Gasteiger partial charge on any atom is 0.419 e. The number of rotatable bonds is 2. The maximum absolute atomic E-state index is 14.2. The van der Waals surface area contributed by atoms with Crippen LogP contribution in [0.15, 0.2) is 35.3 Å². The second kappa shape index (κ2) is 6.60. The third kappa shape index (κ3) is 3.11. The predicted molar refractivity (Wildman–Crippen MR) is 94.9 cm³/mol. The van der Waals surface area contributed by atoms with Gasteiger partial charge in [0.05, 0.1) is 11.5 Å². The molecule has 2 atom stereocenters. The largest absolute Gasteiger partial charge is 0.419 e. The number of thiophene rings is 1. The highest BCUT2D eigenvalue weighted by molar-refractivity contribution is 7.12. The van der Waals surface area contributed by atoms with Crippen LogP contribution in [0.25, 0.3) is 0 Å². The minimum Gasteiger partial charge on any atom is -0.369 e. The van der Waals surface area contributed by atoms with Crippen LogP contribution in [0.4, 0.5) is 17.6 Å². The molecule has 2 N–H and O–H groups in total. The number of carbonyl (C=O) groups is 1. The van der Waals surface area contributed by atoms with E-state index < -0.39 is 34.9 Å². The first kappa shape index (κ1) is 19.8. The van der Waals surface area contributed by atoms with Crippen molar-refractivity contribution >= 4 is 23.2 Å². The maximum atomic E-state index is 14.2. The van der Waals surface area contributed by atoms with E-state index in [1.54, 1.807) is 19.1 Å². The van der Waals surface area contributed by atoms with Crippen molar-refractivity contribution in [2.75, 3.05) is 7.05 Å². The van der Waals surface area contributed by atoms with Crippen molar-refractivity contribution in [2.45, 2.75) is 24.6 Å². The Morgan fingerprint density at radius 2 is 2.00 bits per heavy atom. The highest BCUT2D eigenvalue weighted by atomic mass is 32.1. The van der Waals surface area contributed by atoms with Gasteiger partial charge < -0.3 is 5.73 Å². The number of alkyl halides is 3. The number of nitrogens with zero attached hydrogens (tertiary/aromatic N) is 3. The molecule has 5 nitrogen and oxygen atoms in total. The molecule has 2 heterocycles. The van der Waals surface area contributed by atoms with E-state index in [1.807, 2.05) is 6.07 Å². The van der Waals surface area contributed by atoms with Crippen LogP contribution in [0.1, 0.15) is 33.7 Å². The van der Waals surface area contributed by atoms with E-state index in [0.29, 0.717) is 21.9 Å². The van der Waals surface area contributed by atoms with Gasteiger partial charge in [-0.1, -0.05) is 6.07 Å². The smallest absolute Gasteiger partial charge is 0.369 e. The molecule has 1 aromatic carbocycles. The Balaban J connectivity index is 2.19. The highest BCUT2D eigenvalue weighted by Crippen LogP contribution is 2.46. The fourth-order valence-corrected chi connectivity index (χ4v) is 4.12. The number of nitriles is 1. The Labute approximate surface area is 161 Å². The fourth-order valence-electron chi connectivity index (χ4n) is 3.20. The van der Waals surface area contributed by atoms with E-state index in [2.05, 4.69) is 4.99 Å². The number of hydrogen-bond donors (Lipinski definition) is 1. The van der Waals surface area contributed by atoms with E-state index in [-0.39, 0.29) is 11.5 Å². The molecule has 1 aliphatic rings. The molecule has 2 aromatic rings. The summed E-state index contributed by atoms with van der Waals surface area (Å²) < 4.78 is 52.8. The number of amides is 1. The van der Waals surface area contributed by atoms with Gasteiger partial charge in [-0.3, -0.25) is 9.69 Å². The highest BCUT2D eigenvalue weighted by Gasteiger charge is 2.48. The van der Waals surface area contributed by atoms with Gasteiger partial charge in [0.15, 0.2) is 5.96 Å². The van der Waals surface area contributed by atoms with Gasteiger partial charge >= 0.3 is 6.18 Å². The molecule has 146 valence electrons. The van der Waals surface area contributed by atoms with Crippen molar-refractivity contribution < 1.29 is 22.4 Å². The molecule has 1 aliphatic heterocycles. The number of likely N-dealkylation sites (N-methyl/N-ethyl adjacent to an activating group) is 1. The van der Waals surface area contributed by atoms with Crippen LogP contribution in [0.5, 0.6) is 0 Å². The number of guanidine groups is 1. The molecule has 0 bridgehead atoms. The van der Waals surface area contributed by atoms with Crippen LogP contribution < -0.4 is 5.73 Å². The first-order valence-electron chi connectivity index (χ1n) is 7.99. The van der Waals surface area contributed by atoms with E-state index in [1.165, 1.54) is 7.05 Å². The molecule has 1 aromatic heterocycles. The molecular weight excluding hydrogens is 396 g/mol. The summed E-state index contributed by atoms with van der Waals surface area (Å²) in [6.07, 6.45) is -4.85. The molecular formula is C18H14F4N4OS. The lowest BCUT2D eigenvalue weighted by atomic mass is 9.77. The second-order valence-electron chi connectivity index (χ2n) is 6.46. The summed E-state index contributed by atoms with van der Waals surface area (Å²) in [5.74, 6) is -3.22. The van der Waals surface area contributed by atoms with Gasteiger partial charge in [-0.2, -0.15) is 18.4 Å². The van der Waals surface area contributed by atoms with Crippen molar-refractivity contribution in [1.82, 2.24) is 4.90 Å². The number of nitrogens with two attached hydrogens (primary N) is 1. The van der Waals surface area contributed by atoms with E-state index in [0.717, 1.165) is 22.3 Å². The topological polar surface area (TPSA) is 82.5 Å². The van der Waals surface area contributed by atoms with Gasteiger partial charge in [0.25, 0.3) is 0 Å². The number of hydrogen-bond acceptors (Lipinski definition) is 5. The summed E-state index contributed by atoms with van der Waals surface area (Å²) in [7, 11) is 1.38. The number of halogens is 4. The van der Waals surface area contributed by atoms with E-state index >= 15 is 0 Å². The van der Waals surface area contributed by atoms with Crippen molar-refractivity contribution in [3.63, 3.8) is 0 Å². The Hall–Kier alpha value is -2.93. The fraction of sp³-hybridized carbons (Fsp3) is 0.278. The molecule has 0 unspecified atom stereocenters. The van der Waals surface area contributed by atoms with Crippen molar-refractivity contribution in [1.29, 1.82) is 5.26 Å². The van der Waals surface area contributed by atoms with Crippen LogP contribution in [-0.4, -0.2) is 23.8 Å². The molecule has 0 aliphatic carbocycles. The third-order valence-electron chi connectivity index (χ3n) is 4.68. The molecule has 0 fully saturated rings. The molecule has 3 rings (SSSR count). The number of benzene rings is 1. The van der Waals surface area contributed by atoms with Crippen LogP contribution in [-0.2, 0) is 16.5 Å². The van der Waals surface area contributed by atoms with Crippen molar-refractivity contribution in [3.05, 3.63) is 57.0 Å². The summed E-state index contributed by atoms with van der Waals surface area (Å²) in [6, 6.07) is 7.50. The Bertz CT molecular complexity index is 1020. The quantitative estimate of drug-likeness (QED) is 0.769. The molecule has 28 heavy (non-hydrogen) atoms. The average Bonchev–Trinajstić information content (AvgIpc) is 3.09. The Morgan fingerprint density at radius 3 is 2.54 bits per heavy atom. The lowest BCUT2D eigenvalue weighted by Gasteiger charge is -2.40. The standard InChI is InChI=1S/C18H14F4N4OS/c1-17(13-6-4-10(8-23)28-13)14(15(27)26(2)16(24)25-17)9-3-5-11(12(19)7-9)18(20,21)22/h3-7,14H,1-2H3,(H2,24,25)/t14-,17+/m0/s1. The van der Waals surface area contributed by atoms with Gasteiger partial charge in [-0.15, -0.1) is 11.3 Å². The normalized spacial score (nSPS) is 22.8. The summed E-state index contributed by atoms with van der Waals surface area (Å²) in [5.41, 5.74) is 3.16. The van der Waals surface area contributed by atoms with Crippen LogP contribution >= 0.6 is 11.3 Å². The van der Waals surface area contributed by atoms with Crippen molar-refractivity contribution in [2.24, 2.45) is 10.7 Å². The van der Waals surface area contributed by atoms with Crippen LogP contribution in [0.2, 0.25) is 0 Å². The first-order chi connectivity index (χ1) is 13.0. The zero-order valence-electron chi connectivity index (χ0n) is 14.7. The summed E-state index contributed by atoms with van der Waals surface area (Å²) in [4.78, 5) is 19.3. The van der Waals surface area contributed by atoms with Crippen molar-refractivity contribution in [3.8, 4) is 6.07 Å². The Morgan fingerprint density at radius 1 is 1.32 bits per heavy atom. The third-order valence-corrected chi connectivity index (χ3v) is 5.89. The van der Waals surface area contributed by atoms with Gasteiger partial charge in [0.1, 0.15) is 22.3 Å². The summed E-state index contributed by atoms with van der Waals surface area (Å²) >= 11 is 1.09. The molecule has 0 saturated carbocycles. The molecule has 1 amide bonds. The van der Waals surface area contributed by atoms with Crippen LogP contribution in [0, 0.1) is 17.1 Å². The number of carbonyl (C=O) groups excluding carboxylic acids is 1. The second-order valence-corrected chi connectivity index (χ2v) is 7.54. The first-order valence-corrected chi connectivity index (χ1v) is 8.80. The number of aliphatic imine (C=N–C) groups is 1. The van der Waals surface area contributed by atoms with Crippen LogP contribution in [0.3, 0.4) is 0 Å². The molecule has 10 heteroatoms. The van der Waals surface area contributed by atoms with Gasteiger partial charge in [-0.05, 0) is 36.8 Å². The molecule has 0 spiro atoms. The van der Waals surface area contributed by atoms with Gasteiger partial charge in [0.2, 0.25) is 5.91 Å². The van der Waals surface area contributed by atoms with Gasteiger partial charge in [-0.25, -0.2) is 9.38 Å². The predicted octanol–water partition coefficient (Wildman–Crippen LogP) is 3.56. The molecule has 0 radical (unpaired) electrons. The Kier molecular flexibility index (Phi) is 4.67. The lowest BCUT2D eigenvalue weighted by Crippen LogP contribution is -2.52. The van der Waals surface area contributed by atoms with E-state index in [4.69, 9.17) is 11.0 Å². The minimum atomic E-state index is -4.85. The summed E-state index contributed by atoms with van der Waals surface area (Å²) in [5, 5.41) is 9.07. The monoisotopic (exact) mass is 410 g/mol. The van der Waals surface area contributed by atoms with E-state index in [9.17, 15) is 22.4 Å². The average molecular weight is 410 g/mol. The zero-order chi connectivity index (χ0) is 20.9. The molecule has 0 saturated heterocycles. The SMILES string of the molecule is CN1C(=O)[C@H](c2ccc(C(F)(F)F)c(F)c2)[C@@](C)(c2ccc(C#N)s2)N=C1N. The zero-order valence-corrected chi connectivity index (χ0v) is 15.5. The van der Waals surface area contributed by atoms with Gasteiger partial charge in [0, 0.05) is 11.9 Å². The minimum absolute atomic E-state index is 0.0352. The summed E-state index contributed by atoms with van der Waals surface area (Å²) in [6.45, 7) is 1.58. The lowest BCUT2D eigenvalue weighted by molar-refractivity contribution is -0.140.